The van der Waals surface area contributed by atoms with E-state index >= 15 is 0 Å². The highest BCUT2D eigenvalue weighted by atomic mass is 15.0. The van der Waals surface area contributed by atoms with Crippen molar-refractivity contribution < 1.29 is 0 Å². The molecule has 0 atom stereocenters. The molecule has 0 saturated heterocycles. The van der Waals surface area contributed by atoms with Gasteiger partial charge in [0.2, 0.25) is 0 Å². The van der Waals surface area contributed by atoms with Crippen LogP contribution >= 0.6 is 0 Å². The molecule has 0 aliphatic carbocycles. The Labute approximate surface area is 106 Å². The van der Waals surface area contributed by atoms with Crippen LogP contribution in [0.25, 0.3) is 0 Å². The van der Waals surface area contributed by atoms with Crippen molar-refractivity contribution in [3.8, 4) is 6.07 Å². The summed E-state index contributed by atoms with van der Waals surface area (Å²) in [6, 6.07) is 5.74. The van der Waals surface area contributed by atoms with Crippen molar-refractivity contribution in [1.82, 2.24) is 19.9 Å². The summed E-state index contributed by atoms with van der Waals surface area (Å²) in [6.45, 7) is 4.49. The third-order valence-corrected chi connectivity index (χ3v) is 2.55. The van der Waals surface area contributed by atoms with E-state index < -0.39 is 0 Å². The van der Waals surface area contributed by atoms with E-state index in [1.165, 1.54) is 0 Å². The zero-order valence-corrected chi connectivity index (χ0v) is 10.3. The molecular weight excluding hydrogens is 226 g/mol. The number of rotatable bonds is 5. The third kappa shape index (κ3) is 3.15. The molecule has 0 spiro atoms. The predicted molar refractivity (Wildman–Crippen MR) is 67.7 cm³/mol. The summed E-state index contributed by atoms with van der Waals surface area (Å²) in [6.07, 6.45) is 5.47. The Hall–Kier alpha value is -2.19. The summed E-state index contributed by atoms with van der Waals surface area (Å²) >= 11 is 0. The van der Waals surface area contributed by atoms with Crippen LogP contribution in [0.2, 0.25) is 0 Å². The molecule has 0 aromatic carbocycles. The van der Waals surface area contributed by atoms with Crippen molar-refractivity contribution >= 4 is 0 Å². The highest BCUT2D eigenvalue weighted by Crippen LogP contribution is 2.05. The van der Waals surface area contributed by atoms with E-state index in [9.17, 15) is 0 Å². The van der Waals surface area contributed by atoms with Crippen LogP contribution in [-0.2, 0) is 13.1 Å². The molecule has 0 saturated carbocycles. The topological polar surface area (TPSA) is 66.5 Å². The quantitative estimate of drug-likeness (QED) is 0.857. The molecule has 0 amide bonds. The Balaban J connectivity index is 2.04. The van der Waals surface area contributed by atoms with Gasteiger partial charge in [0.05, 0.1) is 12.0 Å². The second-order valence-corrected chi connectivity index (χ2v) is 3.98. The molecule has 2 aromatic heterocycles. The fourth-order valence-electron chi connectivity index (χ4n) is 1.68. The molecule has 2 heterocycles. The van der Waals surface area contributed by atoms with Gasteiger partial charge in [-0.25, -0.2) is 9.97 Å². The third-order valence-electron chi connectivity index (χ3n) is 2.55. The number of nitriles is 1. The van der Waals surface area contributed by atoms with E-state index in [1.54, 1.807) is 18.6 Å². The molecule has 92 valence electrons. The van der Waals surface area contributed by atoms with E-state index in [-0.39, 0.29) is 0 Å². The number of pyridine rings is 1. The lowest BCUT2D eigenvalue weighted by molar-refractivity contribution is 0.712. The lowest BCUT2D eigenvalue weighted by Crippen LogP contribution is -2.11. The first-order chi connectivity index (χ1) is 8.81. The van der Waals surface area contributed by atoms with Gasteiger partial charge in [0.15, 0.2) is 0 Å². The van der Waals surface area contributed by atoms with Gasteiger partial charge in [0.25, 0.3) is 0 Å². The largest absolute Gasteiger partial charge is 0.333 e. The van der Waals surface area contributed by atoms with E-state index in [0.29, 0.717) is 12.2 Å². The van der Waals surface area contributed by atoms with Gasteiger partial charge in [-0.2, -0.15) is 5.26 Å². The van der Waals surface area contributed by atoms with Crippen LogP contribution < -0.4 is 5.32 Å². The minimum atomic E-state index is 0.445. The van der Waals surface area contributed by atoms with Crippen molar-refractivity contribution in [1.29, 1.82) is 5.26 Å². The summed E-state index contributed by atoms with van der Waals surface area (Å²) in [7, 11) is 0. The fourth-order valence-corrected chi connectivity index (χ4v) is 1.68. The maximum atomic E-state index is 8.79. The molecule has 0 fully saturated rings. The minimum absolute atomic E-state index is 0.445. The summed E-state index contributed by atoms with van der Waals surface area (Å²) in [5.74, 6) is 0. The first-order valence-electron chi connectivity index (χ1n) is 5.88. The molecule has 18 heavy (non-hydrogen) atoms. The normalized spacial score (nSPS) is 10.2. The first kappa shape index (κ1) is 12.3. The number of hydrogen-bond acceptors (Lipinski definition) is 4. The Morgan fingerprint density at radius 1 is 1.44 bits per heavy atom. The Morgan fingerprint density at radius 2 is 2.33 bits per heavy atom. The lowest BCUT2D eigenvalue weighted by Gasteiger charge is -2.02. The van der Waals surface area contributed by atoms with Crippen molar-refractivity contribution in [2.75, 3.05) is 6.54 Å². The fraction of sp³-hybridized carbons (Fsp3) is 0.308. The van der Waals surface area contributed by atoms with Crippen molar-refractivity contribution in [3.05, 3.63) is 47.8 Å². The van der Waals surface area contributed by atoms with Crippen LogP contribution in [0, 0.1) is 11.3 Å². The molecule has 0 aliphatic rings. The molecule has 5 heteroatoms. The number of nitrogens with one attached hydrogen (secondary N) is 1. The Morgan fingerprint density at radius 3 is 3.11 bits per heavy atom. The van der Waals surface area contributed by atoms with Gasteiger partial charge in [-0.15, -0.1) is 0 Å². The molecule has 2 rings (SSSR count). The Kier molecular flexibility index (Phi) is 4.05. The first-order valence-corrected chi connectivity index (χ1v) is 5.88. The molecule has 5 nitrogen and oxygen atoms in total. The van der Waals surface area contributed by atoms with E-state index in [4.69, 9.17) is 5.26 Å². The average Bonchev–Trinajstić information content (AvgIpc) is 2.84. The van der Waals surface area contributed by atoms with E-state index in [0.717, 1.165) is 24.3 Å². The zero-order chi connectivity index (χ0) is 12.8. The Bertz CT molecular complexity index is 553. The van der Waals surface area contributed by atoms with Crippen molar-refractivity contribution in [2.45, 2.75) is 20.0 Å². The predicted octanol–water partition coefficient (Wildman–Crippen LogP) is 1.31. The van der Waals surface area contributed by atoms with Crippen LogP contribution in [-0.4, -0.2) is 21.1 Å². The van der Waals surface area contributed by atoms with E-state index in [2.05, 4.69) is 22.2 Å². The summed E-state index contributed by atoms with van der Waals surface area (Å²) in [4.78, 5) is 8.26. The van der Waals surface area contributed by atoms with Crippen LogP contribution in [0.1, 0.15) is 23.9 Å². The zero-order valence-electron chi connectivity index (χ0n) is 10.3. The van der Waals surface area contributed by atoms with Gasteiger partial charge in [-0.3, -0.25) is 0 Å². The second kappa shape index (κ2) is 5.94. The second-order valence-electron chi connectivity index (χ2n) is 3.98. The van der Waals surface area contributed by atoms with Gasteiger partial charge in [0.1, 0.15) is 11.8 Å². The van der Waals surface area contributed by atoms with Crippen LogP contribution in [0.4, 0.5) is 0 Å². The number of aromatic nitrogens is 3. The van der Waals surface area contributed by atoms with Crippen LogP contribution in [0.3, 0.4) is 0 Å². The highest BCUT2D eigenvalue weighted by Gasteiger charge is 2.00. The minimum Gasteiger partial charge on any atom is -0.333 e. The summed E-state index contributed by atoms with van der Waals surface area (Å²) in [5.41, 5.74) is 2.51. The molecule has 0 radical (unpaired) electrons. The van der Waals surface area contributed by atoms with Crippen LogP contribution in [0.15, 0.2) is 30.9 Å². The SMILES string of the molecule is CCNCc1cn(Cc2ccnc(C#N)c2)cn1. The molecular formula is C13H15N5. The smallest absolute Gasteiger partial charge is 0.140 e. The van der Waals surface area contributed by atoms with Gasteiger partial charge in [-0.05, 0) is 24.2 Å². The summed E-state index contributed by atoms with van der Waals surface area (Å²) in [5, 5.41) is 12.0. The maximum absolute atomic E-state index is 8.79. The monoisotopic (exact) mass is 241 g/mol. The maximum Gasteiger partial charge on any atom is 0.140 e. The van der Waals surface area contributed by atoms with Crippen molar-refractivity contribution in [2.24, 2.45) is 0 Å². The number of nitrogens with zero attached hydrogens (tertiary/aromatic N) is 4. The van der Waals surface area contributed by atoms with Crippen LogP contribution in [0.5, 0.6) is 0 Å². The van der Waals surface area contributed by atoms with E-state index in [1.807, 2.05) is 22.9 Å². The molecule has 2 aromatic rings. The van der Waals surface area contributed by atoms with Crippen molar-refractivity contribution in [3.63, 3.8) is 0 Å². The molecule has 0 unspecified atom stereocenters. The summed E-state index contributed by atoms with van der Waals surface area (Å²) < 4.78 is 2.00. The van der Waals surface area contributed by atoms with Gasteiger partial charge in [0, 0.05) is 25.5 Å². The number of hydrogen-bond donors (Lipinski definition) is 1. The molecule has 1 N–H and O–H groups in total. The lowest BCUT2D eigenvalue weighted by atomic mass is 10.2. The number of imidazole rings is 1. The molecule has 0 bridgehead atoms. The standard InChI is InChI=1S/C13H15N5/c1-2-15-7-13-9-18(10-17-13)8-11-3-4-16-12(5-11)6-14/h3-5,9-10,15H,2,7-8H2,1H3. The molecule has 0 aliphatic heterocycles. The van der Waals surface area contributed by atoms with Gasteiger partial charge >= 0.3 is 0 Å². The highest BCUT2D eigenvalue weighted by molar-refractivity contribution is 5.25. The van der Waals surface area contributed by atoms with Gasteiger partial charge in [-0.1, -0.05) is 6.92 Å². The van der Waals surface area contributed by atoms with Gasteiger partial charge < -0.3 is 9.88 Å². The average molecular weight is 241 g/mol.